The third kappa shape index (κ3) is 3.01. The second-order valence-corrected chi connectivity index (χ2v) is 5.26. The standard InChI is InChI=1S/C15H20ClNO3/c1-19-13-7-3-6-12(14(13)20-2)15(18)17-8-4-5-11(9-16)10-17/h3,6-7,11H,4-5,8-10H2,1-2H3. The van der Waals surface area contributed by atoms with Gasteiger partial charge in [0.15, 0.2) is 11.5 Å². The molecule has 1 heterocycles. The molecule has 1 aromatic carbocycles. The Bertz CT molecular complexity index is 478. The molecule has 20 heavy (non-hydrogen) atoms. The van der Waals surface area contributed by atoms with Crippen LogP contribution in [0.3, 0.4) is 0 Å². The first-order valence-electron chi connectivity index (χ1n) is 6.77. The van der Waals surface area contributed by atoms with Crippen molar-refractivity contribution in [2.75, 3.05) is 33.2 Å². The lowest BCUT2D eigenvalue weighted by molar-refractivity contribution is 0.0681. The second kappa shape index (κ2) is 6.84. The fourth-order valence-corrected chi connectivity index (χ4v) is 2.85. The molecule has 1 fully saturated rings. The van der Waals surface area contributed by atoms with Gasteiger partial charge in [-0.2, -0.15) is 0 Å². The molecule has 0 N–H and O–H groups in total. The highest BCUT2D eigenvalue weighted by molar-refractivity contribution is 6.18. The Hall–Kier alpha value is -1.42. The van der Waals surface area contributed by atoms with Crippen molar-refractivity contribution in [3.05, 3.63) is 23.8 Å². The number of methoxy groups -OCH3 is 2. The lowest BCUT2D eigenvalue weighted by Gasteiger charge is -2.32. The smallest absolute Gasteiger partial charge is 0.257 e. The first kappa shape index (κ1) is 15.0. The van der Waals surface area contributed by atoms with Gasteiger partial charge in [0.05, 0.1) is 19.8 Å². The van der Waals surface area contributed by atoms with Gasteiger partial charge in [-0.25, -0.2) is 0 Å². The maximum absolute atomic E-state index is 12.7. The number of ether oxygens (including phenoxy) is 2. The highest BCUT2D eigenvalue weighted by Gasteiger charge is 2.26. The number of hydrogen-bond acceptors (Lipinski definition) is 3. The van der Waals surface area contributed by atoms with Crippen LogP contribution < -0.4 is 9.47 Å². The minimum absolute atomic E-state index is 0.0180. The van der Waals surface area contributed by atoms with Gasteiger partial charge in [-0.15, -0.1) is 11.6 Å². The quantitative estimate of drug-likeness (QED) is 0.802. The highest BCUT2D eigenvalue weighted by Crippen LogP contribution is 2.32. The normalized spacial score (nSPS) is 18.8. The number of nitrogens with zero attached hydrogens (tertiary/aromatic N) is 1. The predicted molar refractivity (Wildman–Crippen MR) is 78.9 cm³/mol. The van der Waals surface area contributed by atoms with Gasteiger partial charge in [0.2, 0.25) is 0 Å². The van der Waals surface area contributed by atoms with E-state index in [1.165, 1.54) is 0 Å². The van der Waals surface area contributed by atoms with Crippen molar-refractivity contribution >= 4 is 17.5 Å². The number of alkyl halides is 1. The van der Waals surface area contributed by atoms with Gasteiger partial charge >= 0.3 is 0 Å². The maximum atomic E-state index is 12.7. The first-order valence-corrected chi connectivity index (χ1v) is 7.31. The lowest BCUT2D eigenvalue weighted by atomic mass is 9.99. The Balaban J connectivity index is 2.24. The number of para-hydroxylation sites is 1. The number of hydrogen-bond donors (Lipinski definition) is 0. The van der Waals surface area contributed by atoms with Crippen LogP contribution in [0.15, 0.2) is 18.2 Å². The summed E-state index contributed by atoms with van der Waals surface area (Å²) in [6.07, 6.45) is 2.08. The Kier molecular flexibility index (Phi) is 5.12. The Morgan fingerprint density at radius 3 is 2.85 bits per heavy atom. The van der Waals surface area contributed by atoms with Crippen molar-refractivity contribution in [1.82, 2.24) is 4.90 Å². The van der Waals surface area contributed by atoms with E-state index in [9.17, 15) is 4.79 Å². The molecule has 4 nitrogen and oxygen atoms in total. The monoisotopic (exact) mass is 297 g/mol. The topological polar surface area (TPSA) is 38.8 Å². The molecule has 0 saturated carbocycles. The van der Waals surface area contributed by atoms with E-state index >= 15 is 0 Å². The molecule has 110 valence electrons. The summed E-state index contributed by atoms with van der Waals surface area (Å²) in [6.45, 7) is 1.48. The van der Waals surface area contributed by atoms with Gasteiger partial charge in [-0.1, -0.05) is 6.07 Å². The molecular formula is C15H20ClNO3. The summed E-state index contributed by atoms with van der Waals surface area (Å²) in [5, 5.41) is 0. The molecule has 5 heteroatoms. The predicted octanol–water partition coefficient (Wildman–Crippen LogP) is 2.79. The van der Waals surface area contributed by atoms with Crippen LogP contribution in [0.25, 0.3) is 0 Å². The highest BCUT2D eigenvalue weighted by atomic mass is 35.5. The molecule has 0 bridgehead atoms. The van der Waals surface area contributed by atoms with E-state index in [1.807, 2.05) is 4.90 Å². The van der Waals surface area contributed by atoms with Gasteiger partial charge < -0.3 is 14.4 Å². The largest absolute Gasteiger partial charge is 0.493 e. The summed E-state index contributed by atoms with van der Waals surface area (Å²) in [6, 6.07) is 5.36. The zero-order chi connectivity index (χ0) is 14.5. The minimum atomic E-state index is -0.0180. The van der Waals surface area contributed by atoms with Gasteiger partial charge in [-0.05, 0) is 30.9 Å². The van der Waals surface area contributed by atoms with Crippen molar-refractivity contribution in [3.63, 3.8) is 0 Å². The number of amides is 1. The average Bonchev–Trinajstić information content (AvgIpc) is 2.53. The van der Waals surface area contributed by atoms with Crippen LogP contribution in [-0.4, -0.2) is 44.0 Å². The van der Waals surface area contributed by atoms with Crippen LogP contribution in [0, 0.1) is 5.92 Å². The Morgan fingerprint density at radius 2 is 2.20 bits per heavy atom. The summed E-state index contributed by atoms with van der Waals surface area (Å²) >= 11 is 5.92. The van der Waals surface area contributed by atoms with Crippen molar-refractivity contribution in [1.29, 1.82) is 0 Å². The number of carbonyl (C=O) groups is 1. The molecule has 0 aromatic heterocycles. The number of rotatable bonds is 4. The maximum Gasteiger partial charge on any atom is 0.257 e. The summed E-state index contributed by atoms with van der Waals surface area (Å²) < 4.78 is 10.6. The summed E-state index contributed by atoms with van der Waals surface area (Å²) in [5.74, 6) is 2.03. The molecule has 0 radical (unpaired) electrons. The molecule has 1 aliphatic rings. The van der Waals surface area contributed by atoms with Crippen molar-refractivity contribution in [3.8, 4) is 11.5 Å². The molecule has 0 spiro atoms. The lowest BCUT2D eigenvalue weighted by Crippen LogP contribution is -2.40. The third-order valence-electron chi connectivity index (χ3n) is 3.66. The van der Waals surface area contributed by atoms with Gasteiger partial charge in [0, 0.05) is 19.0 Å². The molecule has 0 aliphatic carbocycles. The van der Waals surface area contributed by atoms with E-state index in [1.54, 1.807) is 32.4 Å². The molecule has 2 rings (SSSR count). The van der Waals surface area contributed by atoms with Gasteiger partial charge in [0.25, 0.3) is 5.91 Å². The molecule has 1 atom stereocenters. The van der Waals surface area contributed by atoms with E-state index < -0.39 is 0 Å². The van der Waals surface area contributed by atoms with Crippen LogP contribution in [0.5, 0.6) is 11.5 Å². The van der Waals surface area contributed by atoms with E-state index in [2.05, 4.69) is 0 Å². The number of halogens is 1. The van der Waals surface area contributed by atoms with Gasteiger partial charge in [0.1, 0.15) is 0 Å². The summed E-state index contributed by atoms with van der Waals surface area (Å²) in [7, 11) is 3.11. The first-order chi connectivity index (χ1) is 9.71. The van der Waals surface area contributed by atoms with Gasteiger partial charge in [-0.3, -0.25) is 4.79 Å². The number of likely N-dealkylation sites (tertiary alicyclic amines) is 1. The Labute approximate surface area is 124 Å². The zero-order valence-electron chi connectivity index (χ0n) is 11.9. The fourth-order valence-electron chi connectivity index (χ4n) is 2.60. The van der Waals surface area contributed by atoms with Crippen LogP contribution in [0.1, 0.15) is 23.2 Å². The average molecular weight is 298 g/mol. The number of carbonyl (C=O) groups excluding carboxylic acids is 1. The summed E-state index contributed by atoms with van der Waals surface area (Å²) in [4.78, 5) is 14.5. The van der Waals surface area contributed by atoms with Crippen molar-refractivity contribution in [2.24, 2.45) is 5.92 Å². The zero-order valence-corrected chi connectivity index (χ0v) is 12.7. The van der Waals surface area contributed by atoms with Crippen molar-refractivity contribution < 1.29 is 14.3 Å². The molecular weight excluding hydrogens is 278 g/mol. The molecule has 1 unspecified atom stereocenters. The SMILES string of the molecule is COc1cccc(C(=O)N2CCCC(CCl)C2)c1OC. The van der Waals surface area contributed by atoms with Crippen LogP contribution in [0.4, 0.5) is 0 Å². The third-order valence-corrected chi connectivity index (χ3v) is 4.09. The summed E-state index contributed by atoms with van der Waals surface area (Å²) in [5.41, 5.74) is 0.544. The fraction of sp³-hybridized carbons (Fsp3) is 0.533. The molecule has 1 saturated heterocycles. The number of piperidine rings is 1. The molecule has 1 amide bonds. The van der Waals surface area contributed by atoms with E-state index in [0.29, 0.717) is 35.4 Å². The van der Waals surface area contributed by atoms with Crippen LogP contribution in [-0.2, 0) is 0 Å². The van der Waals surface area contributed by atoms with Crippen LogP contribution in [0.2, 0.25) is 0 Å². The molecule has 1 aromatic rings. The number of benzene rings is 1. The van der Waals surface area contributed by atoms with Crippen molar-refractivity contribution in [2.45, 2.75) is 12.8 Å². The van der Waals surface area contributed by atoms with E-state index in [0.717, 1.165) is 19.4 Å². The minimum Gasteiger partial charge on any atom is -0.493 e. The van der Waals surface area contributed by atoms with Crippen LogP contribution >= 0.6 is 11.6 Å². The van der Waals surface area contributed by atoms with E-state index in [4.69, 9.17) is 21.1 Å². The second-order valence-electron chi connectivity index (χ2n) is 4.95. The molecule has 1 aliphatic heterocycles. The Morgan fingerprint density at radius 1 is 1.40 bits per heavy atom. The van der Waals surface area contributed by atoms with E-state index in [-0.39, 0.29) is 5.91 Å².